The number of nitrogens with one attached hydrogen (secondary N) is 1. The van der Waals surface area contributed by atoms with E-state index in [4.69, 9.17) is 9.15 Å². The van der Waals surface area contributed by atoms with Crippen molar-refractivity contribution in [2.24, 2.45) is 22.7 Å². The number of allylic oxidation sites excluding steroid dienone is 1. The normalized spacial score (nSPS) is 37.7. The molecule has 1 saturated heterocycles. The van der Waals surface area contributed by atoms with Gasteiger partial charge >= 0.3 is 5.97 Å². The second-order valence-electron chi connectivity index (χ2n) is 11.5. The van der Waals surface area contributed by atoms with E-state index in [1.165, 1.54) is 49.1 Å². The van der Waals surface area contributed by atoms with Crippen molar-refractivity contribution in [2.45, 2.75) is 97.6 Å². The van der Waals surface area contributed by atoms with Crippen LogP contribution in [0.1, 0.15) is 89.9 Å². The van der Waals surface area contributed by atoms with Gasteiger partial charge in [0.05, 0.1) is 31.4 Å². The minimum absolute atomic E-state index is 0.0181. The molecule has 0 aromatic carbocycles. The number of carbonyl (C=O) groups is 1. The van der Waals surface area contributed by atoms with Gasteiger partial charge in [0.2, 0.25) is 0 Å². The summed E-state index contributed by atoms with van der Waals surface area (Å²) in [4.78, 5) is 14.5. The van der Waals surface area contributed by atoms with Gasteiger partial charge in [0.15, 0.2) is 5.76 Å². The third-order valence-corrected chi connectivity index (χ3v) is 9.68. The van der Waals surface area contributed by atoms with Gasteiger partial charge in [0.1, 0.15) is 6.54 Å². The molecule has 6 atom stereocenters. The van der Waals surface area contributed by atoms with Gasteiger partial charge in [-0.15, -0.1) is 0 Å². The summed E-state index contributed by atoms with van der Waals surface area (Å²) in [7, 11) is 1.55. The number of aryl methyl sites for hydroxylation is 1. The van der Waals surface area contributed by atoms with Crippen LogP contribution in [0.3, 0.4) is 0 Å². The van der Waals surface area contributed by atoms with E-state index in [-0.39, 0.29) is 16.8 Å². The average Bonchev–Trinajstić information content (AvgIpc) is 3.21. The van der Waals surface area contributed by atoms with E-state index in [9.17, 15) is 4.79 Å². The number of quaternary nitrogens is 1. The summed E-state index contributed by atoms with van der Waals surface area (Å²) in [6.45, 7) is 13.8. The van der Waals surface area contributed by atoms with Gasteiger partial charge in [0.25, 0.3) is 0 Å². The van der Waals surface area contributed by atoms with Gasteiger partial charge in [-0.2, -0.15) is 0 Å². The van der Waals surface area contributed by atoms with Crippen LogP contribution in [0, 0.1) is 22.7 Å². The molecular formula is C28H44NO3+. The Morgan fingerprint density at radius 3 is 2.81 bits per heavy atom. The Bertz CT molecular complexity index is 828. The molecule has 32 heavy (non-hydrogen) atoms. The number of ether oxygens (including phenoxy) is 1. The minimum Gasteiger partial charge on any atom is -0.469 e. The topological polar surface area (TPSA) is 43.9 Å². The summed E-state index contributed by atoms with van der Waals surface area (Å²) >= 11 is 0. The monoisotopic (exact) mass is 442 g/mol. The van der Waals surface area contributed by atoms with E-state index in [1.807, 2.05) is 6.26 Å². The quantitative estimate of drug-likeness (QED) is 0.491. The molecule has 0 spiro atoms. The fourth-order valence-electron chi connectivity index (χ4n) is 7.73. The van der Waals surface area contributed by atoms with Crippen LogP contribution < -0.4 is 4.90 Å². The fourth-order valence-corrected chi connectivity index (χ4v) is 7.73. The Kier molecular flexibility index (Phi) is 6.91. The zero-order chi connectivity index (χ0) is 22.9. The second-order valence-corrected chi connectivity index (χ2v) is 11.5. The van der Waals surface area contributed by atoms with E-state index in [2.05, 4.69) is 33.4 Å². The highest BCUT2D eigenvalue weighted by Crippen LogP contribution is 2.62. The molecule has 3 aliphatic rings. The third kappa shape index (κ3) is 4.20. The van der Waals surface area contributed by atoms with Crippen LogP contribution in [0.5, 0.6) is 0 Å². The van der Waals surface area contributed by atoms with Crippen molar-refractivity contribution in [1.29, 1.82) is 0 Å². The minimum atomic E-state index is -0.366. The zero-order valence-electron chi connectivity index (χ0n) is 20.8. The van der Waals surface area contributed by atoms with Crippen molar-refractivity contribution >= 4 is 5.97 Å². The van der Waals surface area contributed by atoms with Gasteiger partial charge < -0.3 is 14.1 Å². The summed E-state index contributed by atoms with van der Waals surface area (Å²) in [6.07, 6.45) is 13.4. The molecule has 1 N–H and O–H groups in total. The molecule has 1 aliphatic heterocycles. The molecule has 4 rings (SSSR count). The summed E-state index contributed by atoms with van der Waals surface area (Å²) in [5.41, 5.74) is 2.51. The number of furan rings is 1. The smallest absolute Gasteiger partial charge is 0.311 e. The van der Waals surface area contributed by atoms with Gasteiger partial charge in [-0.1, -0.05) is 25.5 Å². The number of piperidine rings is 1. The molecule has 0 radical (unpaired) electrons. The SMILES string of the molecule is C=C1CC[C@@H]2[C@](C)(CCC[C@]2(C)C(=O)OC)[C@H]1CCc1ccoc1C[NH+]1CCCC[C@@H]1C. The maximum Gasteiger partial charge on any atom is 0.311 e. The molecule has 1 unspecified atom stereocenters. The van der Waals surface area contributed by atoms with Crippen LogP contribution >= 0.6 is 0 Å². The van der Waals surface area contributed by atoms with Crippen LogP contribution in [0.2, 0.25) is 0 Å². The van der Waals surface area contributed by atoms with Crippen LogP contribution in [-0.4, -0.2) is 25.7 Å². The van der Waals surface area contributed by atoms with E-state index in [1.54, 1.807) is 12.0 Å². The molecule has 4 heteroatoms. The number of likely N-dealkylation sites (tertiary alicyclic amines) is 1. The van der Waals surface area contributed by atoms with Crippen molar-refractivity contribution in [2.75, 3.05) is 13.7 Å². The number of hydrogen-bond acceptors (Lipinski definition) is 3. The number of methoxy groups -OCH3 is 1. The van der Waals surface area contributed by atoms with Crippen LogP contribution in [0.15, 0.2) is 28.9 Å². The first-order valence-corrected chi connectivity index (χ1v) is 13.0. The lowest BCUT2D eigenvalue weighted by atomic mass is 9.46. The molecular weight excluding hydrogens is 398 g/mol. The highest BCUT2D eigenvalue weighted by molar-refractivity contribution is 5.77. The van der Waals surface area contributed by atoms with E-state index in [0.29, 0.717) is 11.8 Å². The van der Waals surface area contributed by atoms with Crippen molar-refractivity contribution in [1.82, 2.24) is 0 Å². The lowest BCUT2D eigenvalue weighted by Crippen LogP contribution is -3.14. The number of hydrogen-bond donors (Lipinski definition) is 1. The molecule has 1 aromatic heterocycles. The first kappa shape index (κ1) is 23.6. The summed E-state index contributed by atoms with van der Waals surface area (Å²) in [6, 6.07) is 2.91. The van der Waals surface area contributed by atoms with E-state index >= 15 is 0 Å². The summed E-state index contributed by atoms with van der Waals surface area (Å²) < 4.78 is 11.3. The molecule has 4 nitrogen and oxygen atoms in total. The van der Waals surface area contributed by atoms with Crippen molar-refractivity contribution in [3.63, 3.8) is 0 Å². The molecule has 0 amide bonds. The lowest BCUT2D eigenvalue weighted by Gasteiger charge is -2.57. The number of carbonyl (C=O) groups excluding carboxylic acids is 1. The first-order chi connectivity index (χ1) is 15.3. The Hall–Kier alpha value is -1.55. The number of fused-ring (bicyclic) bond motifs is 1. The van der Waals surface area contributed by atoms with Crippen LogP contribution in [-0.2, 0) is 22.5 Å². The third-order valence-electron chi connectivity index (χ3n) is 9.68. The molecule has 2 heterocycles. The van der Waals surface area contributed by atoms with E-state index in [0.717, 1.165) is 51.1 Å². The molecule has 2 aliphatic carbocycles. The standard InChI is InChI=1S/C28H43NO3/c1-20-10-13-25-27(3,15-8-16-28(25,4)26(30)31-5)23(20)12-11-22-14-18-32-24(22)19-29-17-7-6-9-21(29)2/h14,18,21,23,25H,1,6-13,15-17,19H2,2-5H3/p+1/t21-,23-,25+,27+,28-/m0/s1. The van der Waals surface area contributed by atoms with E-state index < -0.39 is 0 Å². The van der Waals surface area contributed by atoms with Gasteiger partial charge in [-0.3, -0.25) is 4.79 Å². The predicted molar refractivity (Wildman–Crippen MR) is 127 cm³/mol. The second kappa shape index (κ2) is 9.37. The first-order valence-electron chi connectivity index (χ1n) is 13.0. The molecule has 2 saturated carbocycles. The Labute approximate surface area is 194 Å². The number of esters is 1. The van der Waals surface area contributed by atoms with Gasteiger partial charge in [-0.05, 0) is 101 Å². The van der Waals surface area contributed by atoms with Gasteiger partial charge in [0, 0.05) is 0 Å². The molecule has 178 valence electrons. The highest BCUT2D eigenvalue weighted by atomic mass is 16.5. The Morgan fingerprint density at radius 2 is 2.06 bits per heavy atom. The van der Waals surface area contributed by atoms with Crippen molar-refractivity contribution in [3.8, 4) is 0 Å². The highest BCUT2D eigenvalue weighted by Gasteiger charge is 2.57. The summed E-state index contributed by atoms with van der Waals surface area (Å²) in [5, 5.41) is 0. The molecule has 0 bridgehead atoms. The molecule has 1 aromatic rings. The Morgan fingerprint density at radius 1 is 1.25 bits per heavy atom. The van der Waals surface area contributed by atoms with Crippen LogP contribution in [0.25, 0.3) is 0 Å². The largest absolute Gasteiger partial charge is 0.469 e. The Balaban J connectivity index is 1.49. The predicted octanol–water partition coefficient (Wildman–Crippen LogP) is 5.12. The average molecular weight is 443 g/mol. The fraction of sp³-hybridized carbons (Fsp3) is 0.750. The number of rotatable bonds is 6. The zero-order valence-corrected chi connectivity index (χ0v) is 20.8. The van der Waals surface area contributed by atoms with Crippen molar-refractivity contribution in [3.05, 3.63) is 35.8 Å². The van der Waals surface area contributed by atoms with Gasteiger partial charge in [-0.25, -0.2) is 0 Å². The van der Waals surface area contributed by atoms with Crippen LogP contribution in [0.4, 0.5) is 0 Å². The maximum atomic E-state index is 12.8. The molecule has 3 fully saturated rings. The summed E-state index contributed by atoms with van der Waals surface area (Å²) in [5.74, 6) is 1.99. The maximum absolute atomic E-state index is 12.8. The van der Waals surface area contributed by atoms with Crippen molar-refractivity contribution < 1.29 is 18.8 Å². The lowest BCUT2D eigenvalue weighted by molar-refractivity contribution is -0.942.